The number of hydrogen-bond acceptors (Lipinski definition) is 4. The minimum atomic E-state index is -0.378. The minimum Gasteiger partial charge on any atom is -0.328 e. The molecule has 6 heteroatoms. The van der Waals surface area contributed by atoms with E-state index in [2.05, 4.69) is 4.98 Å². The lowest BCUT2D eigenvalue weighted by Gasteiger charge is -1.95. The van der Waals surface area contributed by atoms with E-state index in [1.807, 2.05) is 48.0 Å². The van der Waals surface area contributed by atoms with Crippen molar-refractivity contribution in [3.05, 3.63) is 57.2 Å². The van der Waals surface area contributed by atoms with Gasteiger partial charge >= 0.3 is 5.00 Å². The van der Waals surface area contributed by atoms with Gasteiger partial charge in [-0.1, -0.05) is 23.5 Å². The first-order chi connectivity index (χ1) is 9.65. The normalized spacial score (nSPS) is 11.4. The van der Waals surface area contributed by atoms with Crippen LogP contribution in [0.25, 0.3) is 23.2 Å². The minimum absolute atomic E-state index is 0.148. The van der Waals surface area contributed by atoms with Crippen LogP contribution in [0.2, 0.25) is 0 Å². The Kier molecular flexibility index (Phi) is 3.08. The van der Waals surface area contributed by atoms with E-state index in [-0.39, 0.29) is 9.92 Å². The number of benzene rings is 1. The van der Waals surface area contributed by atoms with Crippen LogP contribution < -0.4 is 0 Å². The molecule has 0 amide bonds. The maximum absolute atomic E-state index is 10.6. The van der Waals surface area contributed by atoms with Gasteiger partial charge in [-0.25, -0.2) is 4.98 Å². The number of hydrogen-bond donors (Lipinski definition) is 0. The molecule has 0 spiro atoms. The second-order valence-corrected chi connectivity index (χ2v) is 5.38. The summed E-state index contributed by atoms with van der Waals surface area (Å²) in [4.78, 5) is 15.6. The zero-order valence-corrected chi connectivity index (χ0v) is 11.5. The fourth-order valence-electron chi connectivity index (χ4n) is 2.00. The molecule has 0 aliphatic rings. The molecule has 0 saturated heterocycles. The molecule has 0 fully saturated rings. The lowest BCUT2D eigenvalue weighted by molar-refractivity contribution is -0.380. The van der Waals surface area contributed by atoms with Crippen LogP contribution in [0.15, 0.2) is 36.4 Å². The van der Waals surface area contributed by atoms with Crippen LogP contribution in [-0.2, 0) is 7.05 Å². The molecule has 20 heavy (non-hydrogen) atoms. The molecule has 2 heterocycles. The summed E-state index contributed by atoms with van der Waals surface area (Å²) >= 11 is 1.15. The highest BCUT2D eigenvalue weighted by Crippen LogP contribution is 2.25. The van der Waals surface area contributed by atoms with Gasteiger partial charge in [0.05, 0.1) is 16.0 Å². The van der Waals surface area contributed by atoms with E-state index in [0.29, 0.717) is 0 Å². The maximum atomic E-state index is 10.6. The number of imidazole rings is 1. The summed E-state index contributed by atoms with van der Waals surface area (Å²) in [6.45, 7) is 0. The second-order valence-electron chi connectivity index (χ2n) is 4.28. The van der Waals surface area contributed by atoms with Crippen LogP contribution in [-0.4, -0.2) is 14.5 Å². The van der Waals surface area contributed by atoms with Crippen molar-refractivity contribution in [1.29, 1.82) is 0 Å². The number of aromatic nitrogens is 2. The average molecular weight is 285 g/mol. The molecule has 0 unspecified atom stereocenters. The first-order valence-corrected chi connectivity index (χ1v) is 6.80. The summed E-state index contributed by atoms with van der Waals surface area (Å²) in [6.07, 6.45) is 3.72. The summed E-state index contributed by atoms with van der Waals surface area (Å²) in [5, 5.41) is 10.8. The van der Waals surface area contributed by atoms with Gasteiger partial charge in [0, 0.05) is 18.0 Å². The molecular formula is C14H11N3O2S. The van der Waals surface area contributed by atoms with Crippen LogP contribution in [0.3, 0.4) is 0 Å². The number of para-hydroxylation sites is 2. The molecule has 2 aromatic heterocycles. The molecule has 0 aliphatic carbocycles. The van der Waals surface area contributed by atoms with Gasteiger partial charge in [-0.3, -0.25) is 10.1 Å². The van der Waals surface area contributed by atoms with E-state index in [1.54, 1.807) is 6.07 Å². The van der Waals surface area contributed by atoms with Gasteiger partial charge in [0.1, 0.15) is 5.82 Å². The Morgan fingerprint density at radius 3 is 2.75 bits per heavy atom. The number of fused-ring (bicyclic) bond motifs is 1. The zero-order valence-electron chi connectivity index (χ0n) is 10.7. The zero-order chi connectivity index (χ0) is 14.1. The summed E-state index contributed by atoms with van der Waals surface area (Å²) < 4.78 is 1.99. The van der Waals surface area contributed by atoms with Gasteiger partial charge in [-0.2, -0.15) is 0 Å². The Hall–Kier alpha value is -2.47. The van der Waals surface area contributed by atoms with E-state index >= 15 is 0 Å². The number of nitrogens with zero attached hydrogens (tertiary/aromatic N) is 3. The Labute approximate surface area is 119 Å². The van der Waals surface area contributed by atoms with Gasteiger partial charge in [0.2, 0.25) is 0 Å². The van der Waals surface area contributed by atoms with Crippen molar-refractivity contribution in [2.45, 2.75) is 0 Å². The Balaban J connectivity index is 1.93. The fourth-order valence-corrected chi connectivity index (χ4v) is 2.72. The lowest BCUT2D eigenvalue weighted by atomic mass is 10.3. The molecule has 3 rings (SSSR count). The molecular weight excluding hydrogens is 274 g/mol. The van der Waals surface area contributed by atoms with Crippen molar-refractivity contribution < 1.29 is 4.92 Å². The third-order valence-corrected chi connectivity index (χ3v) is 4.01. The molecule has 1 aromatic carbocycles. The van der Waals surface area contributed by atoms with Gasteiger partial charge in [0.15, 0.2) is 0 Å². The summed E-state index contributed by atoms with van der Waals surface area (Å²) in [5.74, 6) is 0.822. The highest BCUT2D eigenvalue weighted by Gasteiger charge is 2.08. The molecule has 0 aliphatic heterocycles. The first kappa shape index (κ1) is 12.6. The van der Waals surface area contributed by atoms with Crippen molar-refractivity contribution in [3.8, 4) is 0 Å². The topological polar surface area (TPSA) is 61.0 Å². The highest BCUT2D eigenvalue weighted by molar-refractivity contribution is 7.16. The summed E-state index contributed by atoms with van der Waals surface area (Å²) in [7, 11) is 1.95. The Morgan fingerprint density at radius 1 is 1.25 bits per heavy atom. The van der Waals surface area contributed by atoms with Crippen molar-refractivity contribution in [1.82, 2.24) is 9.55 Å². The van der Waals surface area contributed by atoms with Crippen molar-refractivity contribution in [2.75, 3.05) is 0 Å². The molecule has 3 aromatic rings. The summed E-state index contributed by atoms with van der Waals surface area (Å²) in [6, 6.07) is 11.1. The number of thiophene rings is 1. The van der Waals surface area contributed by atoms with Gasteiger partial charge in [0.25, 0.3) is 0 Å². The number of aryl methyl sites for hydroxylation is 1. The smallest absolute Gasteiger partial charge is 0.324 e. The second kappa shape index (κ2) is 4.90. The third kappa shape index (κ3) is 2.21. The van der Waals surface area contributed by atoms with Crippen molar-refractivity contribution >= 4 is 39.5 Å². The molecule has 0 N–H and O–H groups in total. The molecule has 0 atom stereocenters. The van der Waals surface area contributed by atoms with Crippen LogP contribution in [0.4, 0.5) is 5.00 Å². The highest BCUT2D eigenvalue weighted by atomic mass is 32.1. The number of nitro groups is 1. The quantitative estimate of drug-likeness (QED) is 0.544. The lowest BCUT2D eigenvalue weighted by Crippen LogP contribution is -1.90. The molecule has 0 saturated carbocycles. The third-order valence-electron chi connectivity index (χ3n) is 3.01. The average Bonchev–Trinajstić information content (AvgIpc) is 3.03. The van der Waals surface area contributed by atoms with Crippen LogP contribution in [0.1, 0.15) is 10.7 Å². The molecule has 100 valence electrons. The van der Waals surface area contributed by atoms with E-state index in [1.165, 1.54) is 6.07 Å². The van der Waals surface area contributed by atoms with E-state index < -0.39 is 0 Å². The van der Waals surface area contributed by atoms with Crippen molar-refractivity contribution in [3.63, 3.8) is 0 Å². The SMILES string of the molecule is Cn1c(/C=C/c2ccc([N+](=O)[O-])s2)nc2ccccc21. The molecule has 5 nitrogen and oxygen atoms in total. The van der Waals surface area contributed by atoms with E-state index in [0.717, 1.165) is 33.1 Å². The van der Waals surface area contributed by atoms with Crippen LogP contribution in [0.5, 0.6) is 0 Å². The van der Waals surface area contributed by atoms with Crippen molar-refractivity contribution in [2.24, 2.45) is 7.05 Å². The van der Waals surface area contributed by atoms with Gasteiger partial charge in [-0.15, -0.1) is 0 Å². The fraction of sp³-hybridized carbons (Fsp3) is 0.0714. The molecule has 0 radical (unpaired) electrons. The standard InChI is InChI=1S/C14H11N3O2S/c1-16-12-5-3-2-4-11(12)15-13(16)8-6-10-7-9-14(20-10)17(18)19/h2-9H,1H3/b8-6+. The first-order valence-electron chi connectivity index (χ1n) is 5.99. The van der Waals surface area contributed by atoms with Crippen LogP contribution >= 0.6 is 11.3 Å². The Morgan fingerprint density at radius 2 is 2.05 bits per heavy atom. The maximum Gasteiger partial charge on any atom is 0.324 e. The monoisotopic (exact) mass is 285 g/mol. The predicted molar refractivity (Wildman–Crippen MR) is 80.6 cm³/mol. The van der Waals surface area contributed by atoms with Gasteiger partial charge in [-0.05, 0) is 30.4 Å². The van der Waals surface area contributed by atoms with Gasteiger partial charge < -0.3 is 4.57 Å². The number of rotatable bonds is 3. The Bertz CT molecular complexity index is 817. The predicted octanol–water partition coefficient (Wildman–Crippen LogP) is 3.71. The largest absolute Gasteiger partial charge is 0.328 e. The summed E-state index contributed by atoms with van der Waals surface area (Å²) in [5.41, 5.74) is 2.00. The van der Waals surface area contributed by atoms with E-state index in [9.17, 15) is 10.1 Å². The van der Waals surface area contributed by atoms with E-state index in [4.69, 9.17) is 0 Å². The molecule has 0 bridgehead atoms. The van der Waals surface area contributed by atoms with Crippen LogP contribution in [0, 0.1) is 10.1 Å².